The van der Waals surface area contributed by atoms with Crippen LogP contribution in [0.2, 0.25) is 0 Å². The highest BCUT2D eigenvalue weighted by atomic mass is 16.4. The van der Waals surface area contributed by atoms with E-state index in [2.05, 4.69) is 15.6 Å². The van der Waals surface area contributed by atoms with Gasteiger partial charge in [0, 0.05) is 31.1 Å². The summed E-state index contributed by atoms with van der Waals surface area (Å²) in [6, 6.07) is 3.05. The molecule has 0 aliphatic rings. The number of carbonyl (C=O) groups excluding carboxylic acids is 1. The average molecular weight is 279 g/mol. The van der Waals surface area contributed by atoms with E-state index in [1.807, 2.05) is 20.8 Å². The molecule has 0 aliphatic carbocycles. The number of rotatable bonds is 5. The molecule has 1 heterocycles. The molecular formula is C14H21N3O3. The SMILES string of the molecule is CNC(=O)CCNc1cc(C(=O)O)cc(C(C)(C)C)n1. The Morgan fingerprint density at radius 2 is 1.95 bits per heavy atom. The molecule has 1 aromatic rings. The molecular weight excluding hydrogens is 258 g/mol. The van der Waals surface area contributed by atoms with Gasteiger partial charge < -0.3 is 15.7 Å². The van der Waals surface area contributed by atoms with Crippen LogP contribution in [0.25, 0.3) is 0 Å². The van der Waals surface area contributed by atoms with Crippen LogP contribution in [0.3, 0.4) is 0 Å². The van der Waals surface area contributed by atoms with Crippen LogP contribution in [0.5, 0.6) is 0 Å². The quantitative estimate of drug-likeness (QED) is 0.762. The minimum absolute atomic E-state index is 0.0806. The Balaban J connectivity index is 2.92. The molecule has 0 saturated heterocycles. The van der Waals surface area contributed by atoms with E-state index in [0.717, 1.165) is 0 Å². The number of pyridine rings is 1. The van der Waals surface area contributed by atoms with Gasteiger partial charge in [-0.25, -0.2) is 9.78 Å². The maximum atomic E-state index is 11.1. The van der Waals surface area contributed by atoms with Crippen LogP contribution in [0.4, 0.5) is 5.82 Å². The van der Waals surface area contributed by atoms with Gasteiger partial charge >= 0.3 is 5.97 Å². The van der Waals surface area contributed by atoms with Crippen molar-refractivity contribution in [1.82, 2.24) is 10.3 Å². The minimum atomic E-state index is -0.993. The smallest absolute Gasteiger partial charge is 0.335 e. The van der Waals surface area contributed by atoms with E-state index in [4.69, 9.17) is 5.11 Å². The van der Waals surface area contributed by atoms with E-state index in [0.29, 0.717) is 24.5 Å². The number of nitrogens with one attached hydrogen (secondary N) is 2. The molecule has 1 rings (SSSR count). The molecule has 1 amide bonds. The summed E-state index contributed by atoms with van der Waals surface area (Å²) < 4.78 is 0. The molecule has 0 unspecified atom stereocenters. The van der Waals surface area contributed by atoms with Crippen molar-refractivity contribution >= 4 is 17.7 Å². The molecule has 0 atom stereocenters. The van der Waals surface area contributed by atoms with Crippen LogP contribution in [0.15, 0.2) is 12.1 Å². The highest BCUT2D eigenvalue weighted by molar-refractivity contribution is 5.88. The van der Waals surface area contributed by atoms with Crippen LogP contribution in [-0.2, 0) is 10.2 Å². The fourth-order valence-corrected chi connectivity index (χ4v) is 1.56. The molecule has 0 aliphatic heterocycles. The summed E-state index contributed by atoms with van der Waals surface area (Å²) in [6.45, 7) is 6.30. The zero-order valence-corrected chi connectivity index (χ0v) is 12.3. The first-order valence-electron chi connectivity index (χ1n) is 6.44. The van der Waals surface area contributed by atoms with E-state index in [1.165, 1.54) is 6.07 Å². The fraction of sp³-hybridized carbons (Fsp3) is 0.500. The lowest BCUT2D eigenvalue weighted by atomic mass is 9.91. The van der Waals surface area contributed by atoms with Crippen molar-refractivity contribution in [2.24, 2.45) is 0 Å². The lowest BCUT2D eigenvalue weighted by Gasteiger charge is -2.19. The average Bonchev–Trinajstić information content (AvgIpc) is 2.37. The summed E-state index contributed by atoms with van der Waals surface area (Å²) in [7, 11) is 1.57. The van der Waals surface area contributed by atoms with Gasteiger partial charge in [0.2, 0.25) is 5.91 Å². The summed E-state index contributed by atoms with van der Waals surface area (Å²) in [4.78, 5) is 26.7. The van der Waals surface area contributed by atoms with E-state index in [-0.39, 0.29) is 16.9 Å². The second kappa shape index (κ2) is 6.36. The maximum Gasteiger partial charge on any atom is 0.335 e. The van der Waals surface area contributed by atoms with Crippen molar-refractivity contribution in [3.63, 3.8) is 0 Å². The van der Waals surface area contributed by atoms with Crippen LogP contribution >= 0.6 is 0 Å². The van der Waals surface area contributed by atoms with Gasteiger partial charge in [0.05, 0.1) is 5.56 Å². The Hall–Kier alpha value is -2.11. The van der Waals surface area contributed by atoms with Crippen molar-refractivity contribution in [2.75, 3.05) is 18.9 Å². The Morgan fingerprint density at radius 1 is 1.30 bits per heavy atom. The summed E-state index contributed by atoms with van der Waals surface area (Å²) in [5.74, 6) is -0.603. The first-order chi connectivity index (χ1) is 9.24. The van der Waals surface area contributed by atoms with Crippen molar-refractivity contribution in [2.45, 2.75) is 32.6 Å². The van der Waals surface area contributed by atoms with E-state index >= 15 is 0 Å². The number of hydrogen-bond donors (Lipinski definition) is 3. The molecule has 6 heteroatoms. The Kier molecular flexibility index (Phi) is 5.07. The van der Waals surface area contributed by atoms with Crippen LogP contribution in [0.1, 0.15) is 43.2 Å². The summed E-state index contributed by atoms with van der Waals surface area (Å²) in [5.41, 5.74) is 0.634. The van der Waals surface area contributed by atoms with Crippen LogP contribution in [-0.4, -0.2) is 35.6 Å². The zero-order chi connectivity index (χ0) is 15.3. The fourth-order valence-electron chi connectivity index (χ4n) is 1.56. The second-order valence-corrected chi connectivity index (χ2v) is 5.53. The number of carboxylic acids is 1. The number of anilines is 1. The molecule has 20 heavy (non-hydrogen) atoms. The number of carbonyl (C=O) groups is 2. The predicted molar refractivity (Wildman–Crippen MR) is 77.1 cm³/mol. The number of aromatic carboxylic acids is 1. The largest absolute Gasteiger partial charge is 0.478 e. The van der Waals surface area contributed by atoms with Gasteiger partial charge in [-0.05, 0) is 12.1 Å². The summed E-state index contributed by atoms with van der Waals surface area (Å²) in [6.07, 6.45) is 0.306. The maximum absolute atomic E-state index is 11.1. The third-order valence-corrected chi connectivity index (χ3v) is 2.78. The molecule has 0 spiro atoms. The molecule has 1 aromatic heterocycles. The van der Waals surface area contributed by atoms with E-state index in [9.17, 15) is 9.59 Å². The standard InChI is InChI=1S/C14H21N3O3/c1-14(2,3)10-7-9(13(19)20)8-11(17-10)16-6-5-12(18)15-4/h7-8H,5-6H2,1-4H3,(H,15,18)(H,16,17)(H,19,20). The highest BCUT2D eigenvalue weighted by Gasteiger charge is 2.19. The van der Waals surface area contributed by atoms with E-state index in [1.54, 1.807) is 13.1 Å². The lowest BCUT2D eigenvalue weighted by molar-refractivity contribution is -0.120. The molecule has 110 valence electrons. The normalized spacial score (nSPS) is 11.0. The van der Waals surface area contributed by atoms with Crippen molar-refractivity contribution in [3.8, 4) is 0 Å². The molecule has 0 radical (unpaired) electrons. The van der Waals surface area contributed by atoms with Crippen LogP contribution in [0, 0.1) is 0 Å². The van der Waals surface area contributed by atoms with Gasteiger partial charge in [-0.15, -0.1) is 0 Å². The monoisotopic (exact) mass is 279 g/mol. The van der Waals surface area contributed by atoms with E-state index < -0.39 is 5.97 Å². The number of aromatic nitrogens is 1. The second-order valence-electron chi connectivity index (χ2n) is 5.53. The molecule has 0 fully saturated rings. The predicted octanol–water partition coefficient (Wildman–Crippen LogP) is 1.63. The Labute approximate surface area is 118 Å². The van der Waals surface area contributed by atoms with Gasteiger partial charge in [-0.3, -0.25) is 4.79 Å². The van der Waals surface area contributed by atoms with Crippen molar-refractivity contribution in [1.29, 1.82) is 0 Å². The van der Waals surface area contributed by atoms with Crippen LogP contribution < -0.4 is 10.6 Å². The zero-order valence-electron chi connectivity index (χ0n) is 12.3. The molecule has 3 N–H and O–H groups in total. The van der Waals surface area contributed by atoms with Gasteiger partial charge in [0.15, 0.2) is 0 Å². The van der Waals surface area contributed by atoms with Gasteiger partial charge in [0.1, 0.15) is 5.82 Å². The highest BCUT2D eigenvalue weighted by Crippen LogP contribution is 2.23. The number of nitrogens with zero attached hydrogens (tertiary/aromatic N) is 1. The molecule has 0 bridgehead atoms. The van der Waals surface area contributed by atoms with Gasteiger partial charge in [-0.1, -0.05) is 20.8 Å². The minimum Gasteiger partial charge on any atom is -0.478 e. The number of hydrogen-bond acceptors (Lipinski definition) is 4. The lowest BCUT2D eigenvalue weighted by Crippen LogP contribution is -2.21. The molecule has 0 aromatic carbocycles. The summed E-state index contributed by atoms with van der Waals surface area (Å²) >= 11 is 0. The van der Waals surface area contributed by atoms with Crippen molar-refractivity contribution in [3.05, 3.63) is 23.4 Å². The third-order valence-electron chi connectivity index (χ3n) is 2.78. The van der Waals surface area contributed by atoms with Gasteiger partial charge in [-0.2, -0.15) is 0 Å². The molecule has 6 nitrogen and oxygen atoms in total. The van der Waals surface area contributed by atoms with Crippen molar-refractivity contribution < 1.29 is 14.7 Å². The topological polar surface area (TPSA) is 91.3 Å². The molecule has 0 saturated carbocycles. The number of carboxylic acid groups (broad SMARTS) is 1. The Morgan fingerprint density at radius 3 is 2.45 bits per heavy atom. The van der Waals surface area contributed by atoms with Gasteiger partial charge in [0.25, 0.3) is 0 Å². The third kappa shape index (κ3) is 4.53. The number of amides is 1. The first kappa shape index (κ1) is 15.9. The summed E-state index contributed by atoms with van der Waals surface area (Å²) in [5, 5.41) is 14.6. The Bertz CT molecular complexity index is 507. The first-order valence-corrected chi connectivity index (χ1v) is 6.44.